The maximum Gasteiger partial charge on any atom is 0.144 e. The van der Waals surface area contributed by atoms with Gasteiger partial charge in [-0.1, -0.05) is 29.3 Å². The Morgan fingerprint density at radius 2 is 1.88 bits per heavy atom. The van der Waals surface area contributed by atoms with Crippen molar-refractivity contribution in [2.75, 3.05) is 0 Å². The summed E-state index contributed by atoms with van der Waals surface area (Å²) >= 11 is 11.9. The zero-order chi connectivity index (χ0) is 11.7. The van der Waals surface area contributed by atoms with Crippen LogP contribution in [0.2, 0.25) is 10.0 Å². The number of aryl methyl sites for hydroxylation is 1. The van der Waals surface area contributed by atoms with E-state index in [0.717, 1.165) is 5.56 Å². The maximum atomic E-state index is 9.89. The van der Waals surface area contributed by atoms with Crippen LogP contribution in [-0.2, 0) is 0 Å². The Balaban J connectivity index is 2.63. The molecule has 0 spiro atoms. The fraction of sp³-hybridized carbons (Fsp3) is 0.0833. The molecule has 0 aliphatic heterocycles. The number of halogens is 2. The van der Waals surface area contributed by atoms with Gasteiger partial charge < -0.3 is 5.11 Å². The topological polar surface area (TPSA) is 33.1 Å². The molecule has 2 nitrogen and oxygen atoms in total. The van der Waals surface area contributed by atoms with Crippen LogP contribution in [-0.4, -0.2) is 10.1 Å². The summed E-state index contributed by atoms with van der Waals surface area (Å²) in [5.41, 5.74) is 1.98. The van der Waals surface area contributed by atoms with Crippen molar-refractivity contribution in [2.24, 2.45) is 0 Å². The molecule has 1 aromatic carbocycles. The third-order valence-corrected chi connectivity index (χ3v) is 2.88. The Kier molecular flexibility index (Phi) is 3.03. The molecule has 0 amide bonds. The van der Waals surface area contributed by atoms with E-state index in [1.54, 1.807) is 37.4 Å². The van der Waals surface area contributed by atoms with Crippen molar-refractivity contribution in [3.05, 3.63) is 46.2 Å². The lowest BCUT2D eigenvalue weighted by Crippen LogP contribution is -1.86. The van der Waals surface area contributed by atoms with E-state index in [1.807, 2.05) is 0 Å². The minimum absolute atomic E-state index is 0.145. The summed E-state index contributed by atoms with van der Waals surface area (Å²) in [7, 11) is 0. The summed E-state index contributed by atoms with van der Waals surface area (Å²) in [5, 5.41) is 11.0. The second-order valence-corrected chi connectivity index (χ2v) is 4.26. The SMILES string of the molecule is Cc1nccc(-c2ccc(Cl)cc2Cl)c1O. The molecule has 1 N–H and O–H groups in total. The molecule has 4 heteroatoms. The van der Waals surface area contributed by atoms with Gasteiger partial charge in [0, 0.05) is 22.3 Å². The molecule has 0 radical (unpaired) electrons. The third kappa shape index (κ3) is 1.99. The molecule has 0 aliphatic carbocycles. The van der Waals surface area contributed by atoms with Gasteiger partial charge >= 0.3 is 0 Å². The lowest BCUT2D eigenvalue weighted by molar-refractivity contribution is 0.470. The standard InChI is InChI=1S/C12H9Cl2NO/c1-7-12(16)10(4-5-15-7)9-3-2-8(13)6-11(9)14/h2-6,16H,1H3. The van der Waals surface area contributed by atoms with E-state index in [9.17, 15) is 5.11 Å². The van der Waals surface area contributed by atoms with Crippen LogP contribution in [0.3, 0.4) is 0 Å². The minimum Gasteiger partial charge on any atom is -0.505 e. The fourth-order valence-corrected chi connectivity index (χ4v) is 1.99. The fourth-order valence-electron chi connectivity index (χ4n) is 1.48. The number of hydrogen-bond donors (Lipinski definition) is 1. The highest BCUT2D eigenvalue weighted by Gasteiger charge is 2.10. The maximum absolute atomic E-state index is 9.89. The molecule has 1 aromatic heterocycles. The first kappa shape index (κ1) is 11.2. The summed E-state index contributed by atoms with van der Waals surface area (Å²) < 4.78 is 0. The summed E-state index contributed by atoms with van der Waals surface area (Å²) in [4.78, 5) is 3.99. The highest BCUT2D eigenvalue weighted by Crippen LogP contribution is 2.36. The Hall–Kier alpha value is -1.25. The molecular weight excluding hydrogens is 245 g/mol. The van der Waals surface area contributed by atoms with Gasteiger partial charge in [-0.05, 0) is 25.1 Å². The zero-order valence-corrected chi connectivity index (χ0v) is 10.0. The van der Waals surface area contributed by atoms with Crippen molar-refractivity contribution >= 4 is 23.2 Å². The smallest absolute Gasteiger partial charge is 0.144 e. The lowest BCUT2D eigenvalue weighted by Gasteiger charge is -2.08. The van der Waals surface area contributed by atoms with Gasteiger partial charge in [0.15, 0.2) is 0 Å². The van der Waals surface area contributed by atoms with Crippen LogP contribution >= 0.6 is 23.2 Å². The molecule has 0 saturated carbocycles. The van der Waals surface area contributed by atoms with Gasteiger partial charge in [0.25, 0.3) is 0 Å². The van der Waals surface area contributed by atoms with Crippen molar-refractivity contribution in [3.8, 4) is 16.9 Å². The van der Waals surface area contributed by atoms with Crippen molar-refractivity contribution in [1.82, 2.24) is 4.98 Å². The number of nitrogens with zero attached hydrogens (tertiary/aromatic N) is 1. The number of rotatable bonds is 1. The molecule has 0 atom stereocenters. The molecule has 1 heterocycles. The summed E-state index contributed by atoms with van der Waals surface area (Å²) in [6, 6.07) is 6.88. The van der Waals surface area contributed by atoms with Crippen LogP contribution in [0.4, 0.5) is 0 Å². The largest absolute Gasteiger partial charge is 0.505 e. The molecule has 82 valence electrons. The van der Waals surface area contributed by atoms with Crippen LogP contribution in [0.25, 0.3) is 11.1 Å². The average molecular weight is 254 g/mol. The first-order valence-corrected chi connectivity index (χ1v) is 5.45. The number of pyridine rings is 1. The Morgan fingerprint density at radius 3 is 2.56 bits per heavy atom. The molecule has 0 unspecified atom stereocenters. The first-order chi connectivity index (χ1) is 7.59. The second kappa shape index (κ2) is 4.32. The molecule has 2 aromatic rings. The van der Waals surface area contributed by atoms with Gasteiger partial charge in [-0.15, -0.1) is 0 Å². The predicted octanol–water partition coefficient (Wildman–Crippen LogP) is 4.07. The Labute approximate surface area is 103 Å². The lowest BCUT2D eigenvalue weighted by atomic mass is 10.1. The number of benzene rings is 1. The average Bonchev–Trinajstić information content (AvgIpc) is 2.23. The quantitative estimate of drug-likeness (QED) is 0.832. The minimum atomic E-state index is 0.145. The molecule has 0 saturated heterocycles. The molecule has 0 fully saturated rings. The van der Waals surface area contributed by atoms with E-state index < -0.39 is 0 Å². The van der Waals surface area contributed by atoms with Crippen molar-refractivity contribution in [3.63, 3.8) is 0 Å². The molecular formula is C12H9Cl2NO. The normalized spacial score (nSPS) is 10.4. The van der Waals surface area contributed by atoms with Gasteiger partial charge in [0.05, 0.1) is 10.7 Å². The Morgan fingerprint density at radius 1 is 1.12 bits per heavy atom. The van der Waals surface area contributed by atoms with E-state index in [-0.39, 0.29) is 5.75 Å². The van der Waals surface area contributed by atoms with E-state index in [1.165, 1.54) is 0 Å². The highest BCUT2D eigenvalue weighted by molar-refractivity contribution is 6.36. The van der Waals surface area contributed by atoms with E-state index in [2.05, 4.69) is 4.98 Å². The molecule has 0 aliphatic rings. The van der Waals surface area contributed by atoms with Crippen molar-refractivity contribution in [2.45, 2.75) is 6.92 Å². The van der Waals surface area contributed by atoms with Crippen molar-refractivity contribution < 1.29 is 5.11 Å². The van der Waals surface area contributed by atoms with Gasteiger partial charge in [-0.25, -0.2) is 0 Å². The monoisotopic (exact) mass is 253 g/mol. The van der Waals surface area contributed by atoms with Crippen LogP contribution < -0.4 is 0 Å². The third-order valence-electron chi connectivity index (χ3n) is 2.33. The predicted molar refractivity (Wildman–Crippen MR) is 66.1 cm³/mol. The Bertz CT molecular complexity index is 541. The summed E-state index contributed by atoms with van der Waals surface area (Å²) in [6.07, 6.45) is 1.63. The van der Waals surface area contributed by atoms with Crippen molar-refractivity contribution in [1.29, 1.82) is 0 Å². The number of aromatic hydroxyl groups is 1. The van der Waals surface area contributed by atoms with Crippen LogP contribution in [0.5, 0.6) is 5.75 Å². The number of aromatic nitrogens is 1. The van der Waals surface area contributed by atoms with E-state index in [0.29, 0.717) is 21.3 Å². The van der Waals surface area contributed by atoms with Gasteiger partial charge in [0.2, 0.25) is 0 Å². The van der Waals surface area contributed by atoms with Gasteiger partial charge in [-0.3, -0.25) is 4.98 Å². The molecule has 2 rings (SSSR count). The zero-order valence-electron chi connectivity index (χ0n) is 8.54. The van der Waals surface area contributed by atoms with E-state index >= 15 is 0 Å². The van der Waals surface area contributed by atoms with Crippen LogP contribution in [0.15, 0.2) is 30.5 Å². The second-order valence-electron chi connectivity index (χ2n) is 3.42. The van der Waals surface area contributed by atoms with E-state index in [4.69, 9.17) is 23.2 Å². The van der Waals surface area contributed by atoms with Crippen LogP contribution in [0.1, 0.15) is 5.69 Å². The number of hydrogen-bond acceptors (Lipinski definition) is 2. The van der Waals surface area contributed by atoms with Gasteiger partial charge in [-0.2, -0.15) is 0 Å². The summed E-state index contributed by atoms with van der Waals surface area (Å²) in [6.45, 7) is 1.74. The molecule has 16 heavy (non-hydrogen) atoms. The van der Waals surface area contributed by atoms with Gasteiger partial charge in [0.1, 0.15) is 5.75 Å². The van der Waals surface area contributed by atoms with Crippen LogP contribution in [0, 0.1) is 6.92 Å². The molecule has 0 bridgehead atoms. The first-order valence-electron chi connectivity index (χ1n) is 4.69. The summed E-state index contributed by atoms with van der Waals surface area (Å²) in [5.74, 6) is 0.145. The highest BCUT2D eigenvalue weighted by atomic mass is 35.5.